The molecule has 0 bridgehead atoms. The van der Waals surface area contributed by atoms with Crippen molar-refractivity contribution in [2.45, 2.75) is 27.2 Å². The monoisotopic (exact) mass is 286 g/mol. The van der Waals surface area contributed by atoms with Gasteiger partial charge in [0.1, 0.15) is 11.6 Å². The van der Waals surface area contributed by atoms with Crippen LogP contribution in [0.25, 0.3) is 11.4 Å². The summed E-state index contributed by atoms with van der Waals surface area (Å²) in [6, 6.07) is 9.66. The van der Waals surface area contributed by atoms with Crippen molar-refractivity contribution in [3.63, 3.8) is 0 Å². The zero-order valence-corrected chi connectivity index (χ0v) is 12.8. The number of nitrogens with one attached hydrogen (secondary N) is 1. The van der Waals surface area contributed by atoms with Crippen LogP contribution in [0, 0.1) is 5.92 Å². The van der Waals surface area contributed by atoms with Crippen LogP contribution in [0.15, 0.2) is 30.3 Å². The van der Waals surface area contributed by atoms with Crippen LogP contribution in [0.2, 0.25) is 0 Å². The molecule has 5 nitrogen and oxygen atoms in total. The van der Waals surface area contributed by atoms with Gasteiger partial charge in [-0.1, -0.05) is 26.0 Å². The van der Waals surface area contributed by atoms with E-state index in [0.29, 0.717) is 24.2 Å². The van der Waals surface area contributed by atoms with Gasteiger partial charge in [0.15, 0.2) is 5.82 Å². The zero-order valence-electron chi connectivity index (χ0n) is 12.8. The number of nitrogens with zero attached hydrogens (tertiary/aromatic N) is 2. The molecule has 0 aliphatic rings. The Hall–Kier alpha value is -2.14. The highest BCUT2D eigenvalue weighted by molar-refractivity contribution is 5.59. The Balaban J connectivity index is 2.39. The number of nitrogen functional groups attached to an aromatic ring is 1. The van der Waals surface area contributed by atoms with Crippen molar-refractivity contribution in [3.05, 3.63) is 36.0 Å². The fourth-order valence-electron chi connectivity index (χ4n) is 2.12. The molecule has 0 saturated heterocycles. The van der Waals surface area contributed by atoms with Crippen molar-refractivity contribution in [2.75, 3.05) is 12.0 Å². The summed E-state index contributed by atoms with van der Waals surface area (Å²) in [4.78, 5) is 9.06. The number of rotatable bonds is 6. The lowest BCUT2D eigenvalue weighted by Crippen LogP contribution is -2.11. The number of ether oxygens (including phenoxy) is 1. The summed E-state index contributed by atoms with van der Waals surface area (Å²) in [5.74, 6) is 8.12. The topological polar surface area (TPSA) is 73.1 Å². The summed E-state index contributed by atoms with van der Waals surface area (Å²) in [7, 11) is 0. The van der Waals surface area contributed by atoms with Crippen molar-refractivity contribution >= 4 is 5.82 Å². The Morgan fingerprint density at radius 3 is 2.71 bits per heavy atom. The van der Waals surface area contributed by atoms with E-state index < -0.39 is 0 Å². The lowest BCUT2D eigenvalue weighted by atomic mass is 10.1. The average molecular weight is 286 g/mol. The first kappa shape index (κ1) is 15.3. The number of benzene rings is 1. The predicted octanol–water partition coefficient (Wildman–Crippen LogP) is 3.03. The Kier molecular flexibility index (Phi) is 5.11. The molecular weight excluding hydrogens is 264 g/mol. The number of nitrogens with two attached hydrogens (primary N) is 1. The summed E-state index contributed by atoms with van der Waals surface area (Å²) in [6.45, 7) is 6.91. The van der Waals surface area contributed by atoms with Gasteiger partial charge in [-0.15, -0.1) is 0 Å². The van der Waals surface area contributed by atoms with Gasteiger partial charge in [0, 0.05) is 17.3 Å². The molecule has 3 N–H and O–H groups in total. The Morgan fingerprint density at radius 1 is 1.24 bits per heavy atom. The Morgan fingerprint density at radius 2 is 2.05 bits per heavy atom. The second-order valence-corrected chi connectivity index (χ2v) is 5.27. The standard InChI is InChI=1S/C16H22N4O/c1-4-21-14-7-5-6-12(9-14)16-18-13(8-11(2)3)10-15(19-16)20-17/h5-7,9-11H,4,8,17H2,1-3H3,(H,18,19,20). The normalized spacial score (nSPS) is 10.7. The minimum Gasteiger partial charge on any atom is -0.494 e. The number of anilines is 1. The van der Waals surface area contributed by atoms with Crippen LogP contribution in [0.4, 0.5) is 5.82 Å². The van der Waals surface area contributed by atoms with Crippen LogP contribution in [0.1, 0.15) is 26.5 Å². The first-order chi connectivity index (χ1) is 10.1. The van der Waals surface area contributed by atoms with E-state index in [4.69, 9.17) is 10.6 Å². The molecule has 0 fully saturated rings. The van der Waals surface area contributed by atoms with Crippen LogP contribution in [-0.4, -0.2) is 16.6 Å². The smallest absolute Gasteiger partial charge is 0.161 e. The minimum atomic E-state index is 0.521. The number of hydrogen-bond donors (Lipinski definition) is 2. The number of hydrogen-bond acceptors (Lipinski definition) is 5. The van der Waals surface area contributed by atoms with Gasteiger partial charge in [0.05, 0.1) is 6.61 Å². The average Bonchev–Trinajstić information content (AvgIpc) is 2.47. The quantitative estimate of drug-likeness (QED) is 0.631. The van der Waals surface area contributed by atoms with Gasteiger partial charge in [0.25, 0.3) is 0 Å². The molecule has 21 heavy (non-hydrogen) atoms. The van der Waals surface area contributed by atoms with Gasteiger partial charge in [-0.05, 0) is 31.4 Å². The fraction of sp³-hybridized carbons (Fsp3) is 0.375. The van der Waals surface area contributed by atoms with Crippen molar-refractivity contribution in [1.29, 1.82) is 0 Å². The van der Waals surface area contributed by atoms with Gasteiger partial charge in [-0.2, -0.15) is 0 Å². The van der Waals surface area contributed by atoms with Gasteiger partial charge in [0.2, 0.25) is 0 Å². The van der Waals surface area contributed by atoms with Gasteiger partial charge < -0.3 is 10.2 Å². The molecule has 0 radical (unpaired) electrons. The van der Waals surface area contributed by atoms with E-state index in [0.717, 1.165) is 23.4 Å². The van der Waals surface area contributed by atoms with E-state index in [1.54, 1.807) is 0 Å². The second kappa shape index (κ2) is 7.04. The van der Waals surface area contributed by atoms with Crippen molar-refractivity contribution in [2.24, 2.45) is 11.8 Å². The molecule has 0 saturated carbocycles. The third-order valence-electron chi connectivity index (χ3n) is 2.95. The molecule has 1 aromatic heterocycles. The third-order valence-corrected chi connectivity index (χ3v) is 2.95. The molecular formula is C16H22N4O. The SMILES string of the molecule is CCOc1cccc(-c2nc(CC(C)C)cc(NN)n2)c1. The Bertz CT molecular complexity index is 599. The summed E-state index contributed by atoms with van der Waals surface area (Å²) >= 11 is 0. The van der Waals surface area contributed by atoms with Crippen LogP contribution < -0.4 is 16.0 Å². The second-order valence-electron chi connectivity index (χ2n) is 5.27. The lowest BCUT2D eigenvalue weighted by Gasteiger charge is -2.10. The van der Waals surface area contributed by atoms with Gasteiger partial charge >= 0.3 is 0 Å². The number of hydrazine groups is 1. The molecule has 0 unspecified atom stereocenters. The van der Waals surface area contributed by atoms with Crippen LogP contribution in [0.3, 0.4) is 0 Å². The largest absolute Gasteiger partial charge is 0.494 e. The highest BCUT2D eigenvalue weighted by atomic mass is 16.5. The van der Waals surface area contributed by atoms with Crippen LogP contribution >= 0.6 is 0 Å². The summed E-state index contributed by atoms with van der Waals surface area (Å²) in [5.41, 5.74) is 4.50. The van der Waals surface area contributed by atoms with E-state index >= 15 is 0 Å². The van der Waals surface area contributed by atoms with Crippen molar-refractivity contribution in [3.8, 4) is 17.1 Å². The maximum Gasteiger partial charge on any atom is 0.161 e. The van der Waals surface area contributed by atoms with E-state index in [-0.39, 0.29) is 0 Å². The van der Waals surface area contributed by atoms with Gasteiger partial charge in [-0.3, -0.25) is 0 Å². The Labute approximate surface area is 125 Å². The number of aromatic nitrogens is 2. The molecule has 0 amide bonds. The van der Waals surface area contributed by atoms with E-state index in [1.807, 2.05) is 37.3 Å². The molecule has 0 aliphatic heterocycles. The maximum atomic E-state index is 5.52. The van der Waals surface area contributed by atoms with E-state index in [1.165, 1.54) is 0 Å². The van der Waals surface area contributed by atoms with E-state index in [9.17, 15) is 0 Å². The summed E-state index contributed by atoms with van der Waals surface area (Å²) in [6.07, 6.45) is 0.884. The third kappa shape index (κ3) is 4.16. The molecule has 112 valence electrons. The maximum absolute atomic E-state index is 5.52. The van der Waals surface area contributed by atoms with Crippen LogP contribution in [0.5, 0.6) is 5.75 Å². The van der Waals surface area contributed by atoms with E-state index in [2.05, 4.69) is 29.2 Å². The van der Waals surface area contributed by atoms with Crippen molar-refractivity contribution in [1.82, 2.24) is 9.97 Å². The highest BCUT2D eigenvalue weighted by Crippen LogP contribution is 2.23. The first-order valence-corrected chi connectivity index (χ1v) is 7.20. The van der Waals surface area contributed by atoms with Crippen molar-refractivity contribution < 1.29 is 4.74 Å². The minimum absolute atomic E-state index is 0.521. The summed E-state index contributed by atoms with van der Waals surface area (Å²) in [5, 5.41) is 0. The molecule has 1 aromatic carbocycles. The molecule has 0 aliphatic carbocycles. The van der Waals surface area contributed by atoms with Crippen LogP contribution in [-0.2, 0) is 6.42 Å². The fourth-order valence-corrected chi connectivity index (χ4v) is 2.12. The highest BCUT2D eigenvalue weighted by Gasteiger charge is 2.09. The predicted molar refractivity (Wildman–Crippen MR) is 85.0 cm³/mol. The molecule has 2 rings (SSSR count). The lowest BCUT2D eigenvalue weighted by molar-refractivity contribution is 0.340. The molecule has 5 heteroatoms. The molecule has 0 spiro atoms. The summed E-state index contributed by atoms with van der Waals surface area (Å²) < 4.78 is 5.52. The molecule has 2 aromatic rings. The first-order valence-electron chi connectivity index (χ1n) is 7.20. The zero-order chi connectivity index (χ0) is 15.2. The molecule has 0 atom stereocenters. The molecule has 1 heterocycles. The van der Waals surface area contributed by atoms with Gasteiger partial charge in [-0.25, -0.2) is 15.8 Å².